The van der Waals surface area contributed by atoms with E-state index in [1.54, 1.807) is 32.7 Å². The first kappa shape index (κ1) is 23.4. The molecule has 170 valence electrons. The van der Waals surface area contributed by atoms with E-state index in [9.17, 15) is 0 Å². The summed E-state index contributed by atoms with van der Waals surface area (Å²) in [4.78, 5) is 6.05. The van der Waals surface area contributed by atoms with Crippen LogP contribution in [0.15, 0.2) is 27.6 Å². The Kier molecular flexibility index (Phi) is 8.58. The number of thiazole rings is 1. The first-order chi connectivity index (χ1) is 15.1. The minimum Gasteiger partial charge on any atom is -0.493 e. The highest BCUT2D eigenvalue weighted by atomic mass is 32.1. The van der Waals surface area contributed by atoms with Gasteiger partial charge in [0.25, 0.3) is 0 Å². The number of nitrogens with zero attached hydrogens (tertiary/aromatic N) is 3. The van der Waals surface area contributed by atoms with Gasteiger partial charge >= 0.3 is 0 Å². The zero-order valence-electron chi connectivity index (χ0n) is 19.4. The van der Waals surface area contributed by atoms with E-state index in [4.69, 9.17) is 24.3 Å². The van der Waals surface area contributed by atoms with Gasteiger partial charge < -0.3 is 14.2 Å². The van der Waals surface area contributed by atoms with Crippen LogP contribution in [0.1, 0.15) is 65.2 Å². The molecule has 1 saturated carbocycles. The van der Waals surface area contributed by atoms with Crippen LogP contribution in [0.4, 0.5) is 0 Å². The zero-order chi connectivity index (χ0) is 22.2. The molecule has 1 aromatic heterocycles. The van der Waals surface area contributed by atoms with Gasteiger partial charge in [-0.25, -0.2) is 4.68 Å². The molecular formula is C24H35N3O3S. The molecule has 31 heavy (non-hydrogen) atoms. The van der Waals surface area contributed by atoms with E-state index >= 15 is 0 Å². The second-order valence-corrected chi connectivity index (χ2v) is 8.83. The summed E-state index contributed by atoms with van der Waals surface area (Å²) < 4.78 is 18.6. The van der Waals surface area contributed by atoms with Crippen LogP contribution in [0.5, 0.6) is 17.2 Å². The summed E-state index contributed by atoms with van der Waals surface area (Å²) in [6, 6.07) is 4.33. The topological polar surface area (TPSA) is 57.3 Å². The molecule has 7 heteroatoms. The van der Waals surface area contributed by atoms with Crippen LogP contribution in [0.2, 0.25) is 0 Å². The van der Waals surface area contributed by atoms with Crippen molar-refractivity contribution in [3.63, 3.8) is 0 Å². The molecule has 0 bridgehead atoms. The predicted octanol–water partition coefficient (Wildman–Crippen LogP) is 5.89. The fraction of sp³-hybridized carbons (Fsp3) is 0.583. The number of ether oxygens (including phenoxy) is 3. The molecule has 1 aliphatic carbocycles. The first-order valence-electron chi connectivity index (χ1n) is 11.2. The average molecular weight is 446 g/mol. The zero-order valence-corrected chi connectivity index (χ0v) is 20.3. The molecule has 0 aliphatic heterocycles. The van der Waals surface area contributed by atoms with Crippen molar-refractivity contribution in [1.82, 2.24) is 4.68 Å². The number of hydrogen-bond acceptors (Lipinski definition) is 6. The van der Waals surface area contributed by atoms with Crippen LogP contribution in [0, 0.1) is 0 Å². The number of rotatable bonds is 9. The van der Waals surface area contributed by atoms with Gasteiger partial charge in [0.1, 0.15) is 0 Å². The summed E-state index contributed by atoms with van der Waals surface area (Å²) in [6.07, 6.45) is 9.44. The van der Waals surface area contributed by atoms with Gasteiger partial charge in [-0.05, 0) is 44.7 Å². The molecule has 2 aromatic rings. The van der Waals surface area contributed by atoms with Crippen molar-refractivity contribution in [3.05, 3.63) is 22.3 Å². The number of unbranched alkanes of at least 4 members (excludes halogenated alkanes) is 1. The molecule has 0 saturated heterocycles. The molecule has 1 aromatic carbocycles. The highest BCUT2D eigenvalue weighted by molar-refractivity contribution is 7.07. The maximum Gasteiger partial charge on any atom is 0.206 e. The number of aromatic nitrogens is 1. The van der Waals surface area contributed by atoms with Gasteiger partial charge in [-0.2, -0.15) is 5.10 Å². The highest BCUT2D eigenvalue weighted by Crippen LogP contribution is 2.41. The van der Waals surface area contributed by atoms with Crippen molar-refractivity contribution in [2.45, 2.75) is 71.3 Å². The van der Waals surface area contributed by atoms with Crippen LogP contribution >= 0.6 is 11.3 Å². The van der Waals surface area contributed by atoms with Gasteiger partial charge in [0.2, 0.25) is 10.6 Å². The van der Waals surface area contributed by atoms with Crippen molar-refractivity contribution in [3.8, 4) is 28.5 Å². The third kappa shape index (κ3) is 5.70. The minimum absolute atomic E-state index is 0.387. The largest absolute Gasteiger partial charge is 0.493 e. The molecule has 1 aliphatic rings. The molecule has 0 atom stereocenters. The van der Waals surface area contributed by atoms with Crippen LogP contribution in [0.25, 0.3) is 11.3 Å². The van der Waals surface area contributed by atoms with Crippen LogP contribution in [0.3, 0.4) is 0 Å². The smallest absolute Gasteiger partial charge is 0.206 e. The second kappa shape index (κ2) is 11.4. The molecule has 3 rings (SSSR count). The van der Waals surface area contributed by atoms with Crippen molar-refractivity contribution < 1.29 is 14.2 Å². The van der Waals surface area contributed by atoms with Gasteiger partial charge in [-0.15, -0.1) is 11.3 Å². The second-order valence-electron chi connectivity index (χ2n) is 7.99. The van der Waals surface area contributed by atoms with Gasteiger partial charge in [0, 0.05) is 16.7 Å². The molecule has 1 fully saturated rings. The molecule has 0 N–H and O–H groups in total. The van der Waals surface area contributed by atoms with Gasteiger partial charge in [0.05, 0.1) is 33.1 Å². The SMILES string of the molecule is CCCCC(C)=Nn1c(-c2cc(OC)c(OC)c(OC)c2)csc1=NC1CCCCC1. The maximum atomic E-state index is 5.57. The lowest BCUT2D eigenvalue weighted by Crippen LogP contribution is -2.19. The number of hydrogen-bond donors (Lipinski definition) is 0. The Balaban J connectivity index is 2.13. The normalized spacial score (nSPS) is 15.9. The van der Waals surface area contributed by atoms with Gasteiger partial charge in [0.15, 0.2) is 11.5 Å². The fourth-order valence-corrected chi connectivity index (χ4v) is 4.83. The lowest BCUT2D eigenvalue weighted by molar-refractivity contribution is 0.324. The Morgan fingerprint density at radius 3 is 2.32 bits per heavy atom. The van der Waals surface area contributed by atoms with E-state index in [0.29, 0.717) is 23.3 Å². The van der Waals surface area contributed by atoms with E-state index in [0.717, 1.165) is 53.9 Å². The standard InChI is InChI=1S/C24H35N3O3S/c1-6-7-11-17(2)26-27-20(16-31-24(27)25-19-12-9-8-10-13-19)18-14-21(28-3)23(30-5)22(15-18)29-4/h14-16,19H,6-13H2,1-5H3. The van der Waals surface area contributed by atoms with Crippen molar-refractivity contribution in [2.75, 3.05) is 21.3 Å². The molecule has 0 spiro atoms. The monoisotopic (exact) mass is 445 g/mol. The van der Waals surface area contributed by atoms with E-state index in [1.165, 1.54) is 19.3 Å². The van der Waals surface area contributed by atoms with Crippen molar-refractivity contribution in [1.29, 1.82) is 0 Å². The first-order valence-corrected chi connectivity index (χ1v) is 12.1. The summed E-state index contributed by atoms with van der Waals surface area (Å²) >= 11 is 1.64. The molecular weight excluding hydrogens is 410 g/mol. The maximum absolute atomic E-state index is 5.57. The molecule has 0 amide bonds. The molecule has 1 heterocycles. The summed E-state index contributed by atoms with van der Waals surface area (Å²) in [5.41, 5.74) is 3.05. The predicted molar refractivity (Wildman–Crippen MR) is 128 cm³/mol. The van der Waals surface area contributed by atoms with Crippen molar-refractivity contribution in [2.24, 2.45) is 10.1 Å². The fourth-order valence-electron chi connectivity index (χ4n) is 3.93. The third-order valence-electron chi connectivity index (χ3n) is 5.68. The van der Waals surface area contributed by atoms with E-state index in [-0.39, 0.29) is 0 Å². The summed E-state index contributed by atoms with van der Waals surface area (Å²) in [6.45, 7) is 4.31. The summed E-state index contributed by atoms with van der Waals surface area (Å²) in [5, 5.41) is 7.11. The Morgan fingerprint density at radius 1 is 1.06 bits per heavy atom. The lowest BCUT2D eigenvalue weighted by atomic mass is 9.96. The van der Waals surface area contributed by atoms with Crippen LogP contribution in [-0.4, -0.2) is 37.8 Å². The van der Waals surface area contributed by atoms with Crippen molar-refractivity contribution >= 4 is 17.0 Å². The van der Waals surface area contributed by atoms with E-state index in [2.05, 4.69) is 19.2 Å². The number of methoxy groups -OCH3 is 3. The van der Waals surface area contributed by atoms with Crippen LogP contribution in [-0.2, 0) is 0 Å². The summed E-state index contributed by atoms with van der Waals surface area (Å²) in [7, 11) is 4.90. The quantitative estimate of drug-likeness (QED) is 0.452. The lowest BCUT2D eigenvalue weighted by Gasteiger charge is -2.17. The molecule has 6 nitrogen and oxygen atoms in total. The molecule has 0 radical (unpaired) electrons. The Labute approximate surface area is 189 Å². The van der Waals surface area contributed by atoms with E-state index in [1.807, 2.05) is 16.8 Å². The number of benzene rings is 1. The molecule has 0 unspecified atom stereocenters. The highest BCUT2D eigenvalue weighted by Gasteiger charge is 2.18. The third-order valence-corrected chi connectivity index (χ3v) is 6.51. The summed E-state index contributed by atoms with van der Waals surface area (Å²) in [5.74, 6) is 1.85. The Bertz CT molecular complexity index is 930. The van der Waals surface area contributed by atoms with E-state index < -0.39 is 0 Å². The Hall–Kier alpha value is -2.28. The average Bonchev–Trinajstić information content (AvgIpc) is 3.19. The van der Waals surface area contributed by atoms with Gasteiger partial charge in [-0.3, -0.25) is 4.99 Å². The Morgan fingerprint density at radius 2 is 1.74 bits per heavy atom. The minimum atomic E-state index is 0.387. The van der Waals surface area contributed by atoms with Gasteiger partial charge in [-0.1, -0.05) is 32.6 Å². The van der Waals surface area contributed by atoms with Crippen LogP contribution < -0.4 is 19.0 Å².